The van der Waals surface area contributed by atoms with Crippen molar-refractivity contribution >= 4 is 10.8 Å². The van der Waals surface area contributed by atoms with Crippen LogP contribution in [0.25, 0.3) is 21.9 Å². The van der Waals surface area contributed by atoms with Crippen molar-refractivity contribution in [2.75, 3.05) is 19.6 Å². The number of aromatic nitrogens is 1. The molecule has 1 aromatic heterocycles. The number of aromatic hydroxyl groups is 1. The zero-order valence-electron chi connectivity index (χ0n) is 20.8. The van der Waals surface area contributed by atoms with E-state index in [1.807, 2.05) is 18.2 Å². The zero-order chi connectivity index (χ0) is 24.5. The fraction of sp³-hybridized carbons (Fsp3) is 0.273. The molecule has 0 spiro atoms. The molecule has 3 heteroatoms. The Hall–Kier alpha value is -3.56. The zero-order valence-corrected chi connectivity index (χ0v) is 20.8. The van der Waals surface area contributed by atoms with Crippen LogP contribution < -0.4 is 0 Å². The average molecular weight is 475 g/mol. The first-order chi connectivity index (χ1) is 17.7. The predicted octanol–water partition coefficient (Wildman–Crippen LogP) is 7.47. The molecular weight excluding hydrogens is 440 g/mol. The lowest BCUT2D eigenvalue weighted by atomic mass is 9.73. The summed E-state index contributed by atoms with van der Waals surface area (Å²) in [4.78, 5) is 2.53. The van der Waals surface area contributed by atoms with E-state index in [0.29, 0.717) is 11.9 Å². The van der Waals surface area contributed by atoms with Gasteiger partial charge in [-0.1, -0.05) is 85.0 Å². The monoisotopic (exact) mass is 474 g/mol. The maximum Gasteiger partial charge on any atom is 0.199 e. The number of benzene rings is 3. The number of nitrogens with zero attached hydrogens (tertiary/aromatic N) is 2. The summed E-state index contributed by atoms with van der Waals surface area (Å²) in [7, 11) is 0. The molecule has 0 saturated carbocycles. The minimum absolute atomic E-state index is 0.0353. The summed E-state index contributed by atoms with van der Waals surface area (Å²) in [6, 6.07) is 26.2. The van der Waals surface area contributed by atoms with Crippen LogP contribution in [0.2, 0.25) is 0 Å². The van der Waals surface area contributed by atoms with Crippen LogP contribution in [0.15, 0.2) is 104 Å². The lowest BCUT2D eigenvalue weighted by Gasteiger charge is -2.32. The minimum atomic E-state index is -0.0353. The molecule has 36 heavy (non-hydrogen) atoms. The van der Waals surface area contributed by atoms with E-state index in [0.717, 1.165) is 56.1 Å². The summed E-state index contributed by atoms with van der Waals surface area (Å²) in [6.45, 7) is 7.18. The maximum absolute atomic E-state index is 10.7. The topological polar surface area (TPSA) is 28.4 Å². The van der Waals surface area contributed by atoms with Gasteiger partial charge >= 0.3 is 0 Å². The highest BCUT2D eigenvalue weighted by atomic mass is 16.3. The molecule has 1 aliphatic carbocycles. The fourth-order valence-electron chi connectivity index (χ4n) is 6.52. The fourth-order valence-corrected chi connectivity index (χ4v) is 6.52. The molecule has 0 unspecified atom stereocenters. The summed E-state index contributed by atoms with van der Waals surface area (Å²) in [6.07, 6.45) is 13.0. The van der Waals surface area contributed by atoms with Crippen molar-refractivity contribution in [3.63, 3.8) is 0 Å². The minimum Gasteiger partial charge on any atom is -0.494 e. The van der Waals surface area contributed by atoms with E-state index in [2.05, 4.69) is 95.1 Å². The second-order valence-electron chi connectivity index (χ2n) is 10.3. The highest BCUT2D eigenvalue weighted by molar-refractivity contribution is 5.87. The van der Waals surface area contributed by atoms with Crippen LogP contribution in [-0.2, 0) is 5.41 Å². The Morgan fingerprint density at radius 2 is 1.47 bits per heavy atom. The molecule has 0 bridgehead atoms. The smallest absolute Gasteiger partial charge is 0.199 e. The predicted molar refractivity (Wildman–Crippen MR) is 150 cm³/mol. The van der Waals surface area contributed by atoms with Gasteiger partial charge in [-0.25, -0.2) is 0 Å². The number of fused-ring (bicyclic) bond motifs is 4. The van der Waals surface area contributed by atoms with Gasteiger partial charge in [-0.15, -0.1) is 6.58 Å². The first kappa shape index (κ1) is 22.9. The lowest BCUT2D eigenvalue weighted by molar-refractivity contribution is 0.196. The maximum atomic E-state index is 10.7. The quantitative estimate of drug-likeness (QED) is 0.281. The van der Waals surface area contributed by atoms with E-state index in [-0.39, 0.29) is 5.41 Å². The number of piperidine rings is 1. The Labute approximate surface area is 214 Å². The Morgan fingerprint density at radius 1 is 0.833 bits per heavy atom. The third-order valence-electron chi connectivity index (χ3n) is 8.34. The number of rotatable bonds is 7. The van der Waals surface area contributed by atoms with Crippen LogP contribution in [-0.4, -0.2) is 34.2 Å². The van der Waals surface area contributed by atoms with Crippen molar-refractivity contribution in [2.24, 2.45) is 0 Å². The van der Waals surface area contributed by atoms with E-state index in [9.17, 15) is 5.11 Å². The molecule has 2 aliphatic rings. The SMILES string of the molecule is C=CCC1(CC=CCN2CCC(n3cc4ccccc4c3O)CC2)c2ccccc2-c2ccccc21. The van der Waals surface area contributed by atoms with E-state index >= 15 is 0 Å². The summed E-state index contributed by atoms with van der Waals surface area (Å²) < 4.78 is 2.09. The molecule has 0 radical (unpaired) electrons. The van der Waals surface area contributed by atoms with E-state index in [1.165, 1.54) is 22.3 Å². The van der Waals surface area contributed by atoms with Crippen molar-refractivity contribution in [1.82, 2.24) is 9.47 Å². The molecule has 6 rings (SSSR count). The molecule has 3 aromatic carbocycles. The van der Waals surface area contributed by atoms with Gasteiger partial charge in [-0.3, -0.25) is 4.90 Å². The van der Waals surface area contributed by atoms with Gasteiger partial charge in [-0.05, 0) is 54.0 Å². The average Bonchev–Trinajstić information content (AvgIpc) is 3.41. The van der Waals surface area contributed by atoms with Crippen molar-refractivity contribution in [3.8, 4) is 17.0 Å². The number of allylic oxidation sites excluding steroid dienone is 2. The van der Waals surface area contributed by atoms with Gasteiger partial charge in [0.1, 0.15) is 0 Å². The van der Waals surface area contributed by atoms with Crippen molar-refractivity contribution in [3.05, 3.63) is 115 Å². The van der Waals surface area contributed by atoms with Crippen LogP contribution in [0.5, 0.6) is 5.88 Å². The molecule has 0 amide bonds. The van der Waals surface area contributed by atoms with E-state index < -0.39 is 0 Å². The van der Waals surface area contributed by atoms with Gasteiger partial charge in [0.2, 0.25) is 0 Å². The Balaban J connectivity index is 1.13. The summed E-state index contributed by atoms with van der Waals surface area (Å²) in [5.74, 6) is 0.411. The molecule has 3 nitrogen and oxygen atoms in total. The second kappa shape index (κ2) is 9.48. The third kappa shape index (κ3) is 3.79. The van der Waals surface area contributed by atoms with Gasteiger partial charge in [0.25, 0.3) is 0 Å². The molecule has 1 aliphatic heterocycles. The lowest BCUT2D eigenvalue weighted by Crippen LogP contribution is -2.34. The molecule has 4 aromatic rings. The molecular formula is C33H34N2O. The summed E-state index contributed by atoms with van der Waals surface area (Å²) in [5.41, 5.74) is 5.55. The first-order valence-corrected chi connectivity index (χ1v) is 13.2. The van der Waals surface area contributed by atoms with Gasteiger partial charge < -0.3 is 9.67 Å². The summed E-state index contributed by atoms with van der Waals surface area (Å²) >= 11 is 0. The largest absolute Gasteiger partial charge is 0.494 e. The van der Waals surface area contributed by atoms with Crippen LogP contribution in [0.1, 0.15) is 42.9 Å². The number of hydrogen-bond donors (Lipinski definition) is 1. The molecule has 1 fully saturated rings. The number of hydrogen-bond acceptors (Lipinski definition) is 2. The van der Waals surface area contributed by atoms with Crippen LogP contribution in [0.3, 0.4) is 0 Å². The highest BCUT2D eigenvalue weighted by Gasteiger charge is 2.40. The first-order valence-electron chi connectivity index (χ1n) is 13.2. The standard InChI is InChI=1S/C33H34N2O/c1-2-19-33(30-15-7-5-13-28(30)29-14-6-8-16-31(29)33)20-9-10-21-34-22-17-26(18-23-34)35-24-25-11-3-4-12-27(25)32(35)36/h2-16,24,26,36H,1,17-23H2. The van der Waals surface area contributed by atoms with Crippen LogP contribution >= 0.6 is 0 Å². The van der Waals surface area contributed by atoms with Crippen molar-refractivity contribution in [1.29, 1.82) is 0 Å². The second-order valence-corrected chi connectivity index (χ2v) is 10.3. The molecule has 2 heterocycles. The van der Waals surface area contributed by atoms with Gasteiger partial charge in [0, 0.05) is 48.1 Å². The third-order valence-corrected chi connectivity index (χ3v) is 8.34. The normalized spacial score (nSPS) is 17.4. The summed E-state index contributed by atoms with van der Waals surface area (Å²) in [5, 5.41) is 12.8. The Morgan fingerprint density at radius 3 is 2.14 bits per heavy atom. The van der Waals surface area contributed by atoms with Crippen molar-refractivity contribution < 1.29 is 5.11 Å². The molecule has 1 saturated heterocycles. The van der Waals surface area contributed by atoms with Gasteiger partial charge in [0.15, 0.2) is 5.88 Å². The molecule has 182 valence electrons. The van der Waals surface area contributed by atoms with Crippen LogP contribution in [0, 0.1) is 0 Å². The van der Waals surface area contributed by atoms with Gasteiger partial charge in [0.05, 0.1) is 0 Å². The van der Waals surface area contributed by atoms with E-state index in [4.69, 9.17) is 0 Å². The van der Waals surface area contributed by atoms with Gasteiger partial charge in [-0.2, -0.15) is 0 Å². The number of likely N-dealkylation sites (tertiary alicyclic amines) is 1. The molecule has 1 N–H and O–H groups in total. The van der Waals surface area contributed by atoms with E-state index in [1.54, 1.807) is 0 Å². The van der Waals surface area contributed by atoms with Crippen molar-refractivity contribution in [2.45, 2.75) is 37.1 Å². The highest BCUT2D eigenvalue weighted by Crippen LogP contribution is 2.52. The Kier molecular flexibility index (Phi) is 6.02. The Bertz CT molecular complexity index is 1380. The molecule has 0 atom stereocenters. The van der Waals surface area contributed by atoms with Crippen LogP contribution in [0.4, 0.5) is 0 Å².